The molecule has 0 saturated carbocycles. The molecule has 1 heterocycles. The minimum Gasteiger partial charge on any atom is -0.459 e. The quantitative estimate of drug-likeness (QED) is 0.752. The normalized spacial score (nSPS) is 13.8. The van der Waals surface area contributed by atoms with Crippen LogP contribution in [0.5, 0.6) is 0 Å². The largest absolute Gasteiger partial charge is 0.459 e. The summed E-state index contributed by atoms with van der Waals surface area (Å²) in [5.41, 5.74) is 0.796. The predicted octanol–water partition coefficient (Wildman–Crippen LogP) is 3.61. The van der Waals surface area contributed by atoms with Crippen molar-refractivity contribution < 1.29 is 9.53 Å². The van der Waals surface area contributed by atoms with Crippen LogP contribution >= 0.6 is 0 Å². The highest BCUT2D eigenvalue weighted by atomic mass is 16.5. The zero-order valence-electron chi connectivity index (χ0n) is 14.4. The maximum Gasteiger partial charge on any atom is 0.309 e. The third kappa shape index (κ3) is 5.86. The van der Waals surface area contributed by atoms with Gasteiger partial charge in [0.05, 0.1) is 12.1 Å². The highest BCUT2D eigenvalue weighted by Crippen LogP contribution is 2.29. The summed E-state index contributed by atoms with van der Waals surface area (Å²) >= 11 is 0. The first-order chi connectivity index (χ1) is 9.60. The summed E-state index contributed by atoms with van der Waals surface area (Å²) < 4.78 is 7.20. The van der Waals surface area contributed by atoms with Crippen molar-refractivity contribution in [3.05, 3.63) is 11.9 Å². The summed E-state index contributed by atoms with van der Waals surface area (Å²) in [7, 11) is 0. The molecule has 21 heavy (non-hydrogen) atoms. The van der Waals surface area contributed by atoms with Crippen LogP contribution in [-0.2, 0) is 16.1 Å². The standard InChI is InChI=1S/C16H29N3O2/c1-11(2)14(8-16(5,6)7)15(20)21-10-13-9-19(12(3)4)18-17-13/h9,11-12,14H,8,10H2,1-7H3. The molecule has 5 nitrogen and oxygen atoms in total. The maximum atomic E-state index is 12.3. The van der Waals surface area contributed by atoms with E-state index in [0.717, 1.165) is 6.42 Å². The van der Waals surface area contributed by atoms with E-state index in [1.165, 1.54) is 0 Å². The second kappa shape index (κ2) is 7.05. The van der Waals surface area contributed by atoms with Crippen LogP contribution in [0, 0.1) is 17.3 Å². The molecule has 0 aliphatic heterocycles. The zero-order valence-corrected chi connectivity index (χ0v) is 14.4. The molecule has 0 amide bonds. The topological polar surface area (TPSA) is 57.0 Å². The van der Waals surface area contributed by atoms with Gasteiger partial charge in [-0.2, -0.15) is 0 Å². The van der Waals surface area contributed by atoms with Crippen molar-refractivity contribution >= 4 is 5.97 Å². The van der Waals surface area contributed by atoms with Crippen molar-refractivity contribution in [3.63, 3.8) is 0 Å². The van der Waals surface area contributed by atoms with Gasteiger partial charge in [-0.25, -0.2) is 4.68 Å². The Labute approximate surface area is 128 Å². The average molecular weight is 295 g/mol. The molecule has 0 N–H and O–H groups in total. The van der Waals surface area contributed by atoms with E-state index in [4.69, 9.17) is 4.74 Å². The number of rotatable bonds is 6. The summed E-state index contributed by atoms with van der Waals surface area (Å²) in [5, 5.41) is 8.03. The molecule has 120 valence electrons. The minimum absolute atomic E-state index is 0.0786. The van der Waals surface area contributed by atoms with Gasteiger partial charge in [0.15, 0.2) is 0 Å². The molecule has 1 aromatic rings. The number of aromatic nitrogens is 3. The summed E-state index contributed by atoms with van der Waals surface area (Å²) in [6.45, 7) is 14.8. The summed E-state index contributed by atoms with van der Waals surface area (Å²) in [6, 6.07) is 0.256. The molecule has 5 heteroatoms. The van der Waals surface area contributed by atoms with E-state index in [1.807, 2.05) is 20.0 Å². The summed E-state index contributed by atoms with van der Waals surface area (Å²) in [6.07, 6.45) is 2.65. The summed E-state index contributed by atoms with van der Waals surface area (Å²) in [5.74, 6) is 0.0484. The number of hydrogen-bond acceptors (Lipinski definition) is 4. The lowest BCUT2D eigenvalue weighted by Gasteiger charge is -2.27. The number of carbonyl (C=O) groups is 1. The van der Waals surface area contributed by atoms with E-state index >= 15 is 0 Å². The van der Waals surface area contributed by atoms with Crippen molar-refractivity contribution in [1.29, 1.82) is 0 Å². The van der Waals surface area contributed by atoms with Gasteiger partial charge in [-0.05, 0) is 31.6 Å². The average Bonchev–Trinajstić information content (AvgIpc) is 2.80. The molecule has 1 unspecified atom stereocenters. The monoisotopic (exact) mass is 295 g/mol. The first-order valence-corrected chi connectivity index (χ1v) is 7.67. The molecule has 0 aromatic carbocycles. The molecule has 0 radical (unpaired) electrons. The SMILES string of the molecule is CC(C)C(CC(C)(C)C)C(=O)OCc1cn(C(C)C)nn1. The predicted molar refractivity (Wildman–Crippen MR) is 82.6 cm³/mol. The lowest BCUT2D eigenvalue weighted by molar-refractivity contribution is -0.152. The fourth-order valence-electron chi connectivity index (χ4n) is 2.13. The molecule has 1 atom stereocenters. The minimum atomic E-state index is -0.140. The van der Waals surface area contributed by atoms with Gasteiger partial charge in [-0.15, -0.1) is 5.10 Å². The Bertz CT molecular complexity index is 458. The van der Waals surface area contributed by atoms with Crippen LogP contribution in [0.15, 0.2) is 6.20 Å². The van der Waals surface area contributed by atoms with Gasteiger partial charge in [0.1, 0.15) is 12.3 Å². The molecule has 0 aliphatic rings. The van der Waals surface area contributed by atoms with Crippen molar-refractivity contribution in [2.45, 2.75) is 67.5 Å². The van der Waals surface area contributed by atoms with Crippen molar-refractivity contribution in [1.82, 2.24) is 15.0 Å². The van der Waals surface area contributed by atoms with Crippen LogP contribution in [-0.4, -0.2) is 21.0 Å². The fourth-order valence-corrected chi connectivity index (χ4v) is 2.13. The van der Waals surface area contributed by atoms with E-state index in [2.05, 4.69) is 44.9 Å². The fraction of sp³-hybridized carbons (Fsp3) is 0.812. The molecule has 0 bridgehead atoms. The molecule has 0 spiro atoms. The maximum absolute atomic E-state index is 12.3. The van der Waals surface area contributed by atoms with Gasteiger partial charge in [-0.3, -0.25) is 4.79 Å². The van der Waals surface area contributed by atoms with Crippen molar-refractivity contribution in [2.75, 3.05) is 0 Å². The van der Waals surface area contributed by atoms with Gasteiger partial charge in [0, 0.05) is 6.04 Å². The van der Waals surface area contributed by atoms with E-state index in [0.29, 0.717) is 5.69 Å². The van der Waals surface area contributed by atoms with Gasteiger partial charge < -0.3 is 4.74 Å². The molecule has 1 aromatic heterocycles. The zero-order chi connectivity index (χ0) is 16.2. The number of carbonyl (C=O) groups excluding carboxylic acids is 1. The Balaban J connectivity index is 2.61. The number of esters is 1. The van der Waals surface area contributed by atoms with E-state index in [9.17, 15) is 4.79 Å². The van der Waals surface area contributed by atoms with Gasteiger partial charge in [0.2, 0.25) is 0 Å². The van der Waals surface area contributed by atoms with Crippen LogP contribution in [0.4, 0.5) is 0 Å². The highest BCUT2D eigenvalue weighted by molar-refractivity contribution is 5.72. The summed E-state index contributed by atoms with van der Waals surface area (Å²) in [4.78, 5) is 12.3. The smallest absolute Gasteiger partial charge is 0.309 e. The Morgan fingerprint density at radius 3 is 2.33 bits per heavy atom. The Kier molecular flexibility index (Phi) is 5.93. The Morgan fingerprint density at radius 2 is 1.90 bits per heavy atom. The lowest BCUT2D eigenvalue weighted by atomic mass is 9.80. The number of ether oxygens (including phenoxy) is 1. The third-order valence-corrected chi connectivity index (χ3v) is 3.39. The van der Waals surface area contributed by atoms with Gasteiger partial charge >= 0.3 is 5.97 Å². The van der Waals surface area contributed by atoms with Crippen LogP contribution < -0.4 is 0 Å². The molecule has 0 fully saturated rings. The van der Waals surface area contributed by atoms with Crippen LogP contribution in [0.2, 0.25) is 0 Å². The highest BCUT2D eigenvalue weighted by Gasteiger charge is 2.29. The first-order valence-electron chi connectivity index (χ1n) is 7.67. The second-order valence-electron chi connectivity index (χ2n) is 7.51. The van der Waals surface area contributed by atoms with E-state index in [1.54, 1.807) is 4.68 Å². The molecule has 1 rings (SSSR count). The van der Waals surface area contributed by atoms with Gasteiger partial charge in [-0.1, -0.05) is 39.8 Å². The van der Waals surface area contributed by atoms with Crippen LogP contribution in [0.25, 0.3) is 0 Å². The van der Waals surface area contributed by atoms with Crippen LogP contribution in [0.3, 0.4) is 0 Å². The van der Waals surface area contributed by atoms with E-state index in [-0.39, 0.29) is 35.9 Å². The second-order valence-corrected chi connectivity index (χ2v) is 7.51. The van der Waals surface area contributed by atoms with Crippen molar-refractivity contribution in [3.8, 4) is 0 Å². The first kappa shape index (κ1) is 17.7. The molecular formula is C16H29N3O2. The number of nitrogens with zero attached hydrogens (tertiary/aromatic N) is 3. The molecule has 0 saturated heterocycles. The Hall–Kier alpha value is -1.39. The van der Waals surface area contributed by atoms with Crippen molar-refractivity contribution in [2.24, 2.45) is 17.3 Å². The molecular weight excluding hydrogens is 266 g/mol. The third-order valence-electron chi connectivity index (χ3n) is 3.39. The lowest BCUT2D eigenvalue weighted by Crippen LogP contribution is -2.27. The molecule has 0 aliphatic carbocycles. The van der Waals surface area contributed by atoms with Gasteiger partial charge in [0.25, 0.3) is 0 Å². The van der Waals surface area contributed by atoms with E-state index < -0.39 is 0 Å². The van der Waals surface area contributed by atoms with Crippen LogP contribution in [0.1, 0.15) is 66.6 Å². The Morgan fingerprint density at radius 1 is 1.29 bits per heavy atom. The number of hydrogen-bond donors (Lipinski definition) is 0.